The van der Waals surface area contributed by atoms with Crippen molar-refractivity contribution in [2.24, 2.45) is 0 Å². The van der Waals surface area contributed by atoms with Crippen LogP contribution in [0.5, 0.6) is 0 Å². The second-order valence-corrected chi connectivity index (χ2v) is 5.16. The molecule has 1 aliphatic heterocycles. The number of hydrogen-bond acceptors (Lipinski definition) is 3. The van der Waals surface area contributed by atoms with Crippen molar-refractivity contribution >= 4 is 0 Å². The molecule has 3 nitrogen and oxygen atoms in total. The summed E-state index contributed by atoms with van der Waals surface area (Å²) in [6, 6.07) is 1.34. The summed E-state index contributed by atoms with van der Waals surface area (Å²) in [6.07, 6.45) is 8.13. The van der Waals surface area contributed by atoms with Gasteiger partial charge in [0.05, 0.1) is 12.2 Å². The fraction of sp³-hybridized carbons (Fsp3) is 1.00. The molecule has 0 aromatic heterocycles. The Morgan fingerprint density at radius 3 is 2.69 bits per heavy atom. The van der Waals surface area contributed by atoms with Crippen LogP contribution >= 0.6 is 0 Å². The number of rotatable bonds is 4. The Labute approximate surface area is 98.9 Å². The van der Waals surface area contributed by atoms with Crippen LogP contribution in [0.4, 0.5) is 0 Å². The first-order valence-corrected chi connectivity index (χ1v) is 6.72. The average molecular weight is 227 g/mol. The van der Waals surface area contributed by atoms with E-state index in [1.165, 1.54) is 32.1 Å². The number of hydrogen-bond donors (Lipinski definition) is 1. The van der Waals surface area contributed by atoms with Crippen molar-refractivity contribution in [2.75, 3.05) is 13.7 Å². The van der Waals surface area contributed by atoms with E-state index in [1.807, 2.05) is 7.11 Å². The molecule has 0 aromatic carbocycles. The number of methoxy groups -OCH3 is 1. The van der Waals surface area contributed by atoms with Gasteiger partial charge in [0.25, 0.3) is 0 Å². The highest BCUT2D eigenvalue weighted by atomic mass is 16.5. The zero-order valence-corrected chi connectivity index (χ0v) is 10.6. The van der Waals surface area contributed by atoms with Crippen molar-refractivity contribution in [3.63, 3.8) is 0 Å². The molecular formula is C13H25NO2. The zero-order chi connectivity index (χ0) is 11.4. The minimum absolute atomic E-state index is 0.478. The molecule has 1 N–H and O–H groups in total. The summed E-state index contributed by atoms with van der Waals surface area (Å²) in [6.45, 7) is 3.14. The molecule has 1 saturated heterocycles. The predicted molar refractivity (Wildman–Crippen MR) is 64.6 cm³/mol. The minimum Gasteiger partial charge on any atom is -0.381 e. The fourth-order valence-corrected chi connectivity index (χ4v) is 2.95. The molecule has 0 spiro atoms. The highest BCUT2D eigenvalue weighted by Gasteiger charge is 2.28. The average Bonchev–Trinajstić information content (AvgIpc) is 2.77. The summed E-state index contributed by atoms with van der Waals surface area (Å²) >= 11 is 0. The van der Waals surface area contributed by atoms with Gasteiger partial charge in [-0.15, -0.1) is 0 Å². The molecule has 0 amide bonds. The van der Waals surface area contributed by atoms with Crippen molar-refractivity contribution < 1.29 is 9.47 Å². The van der Waals surface area contributed by atoms with Crippen LogP contribution in [-0.4, -0.2) is 38.0 Å². The van der Waals surface area contributed by atoms with E-state index in [0.717, 1.165) is 13.0 Å². The van der Waals surface area contributed by atoms with Crippen molar-refractivity contribution in [2.45, 2.75) is 69.7 Å². The van der Waals surface area contributed by atoms with Crippen LogP contribution in [0.25, 0.3) is 0 Å². The normalized spacial score (nSPS) is 40.1. The van der Waals surface area contributed by atoms with Gasteiger partial charge in [-0.1, -0.05) is 6.92 Å². The molecule has 2 aliphatic rings. The molecule has 94 valence electrons. The van der Waals surface area contributed by atoms with Crippen molar-refractivity contribution in [1.29, 1.82) is 0 Å². The zero-order valence-electron chi connectivity index (χ0n) is 10.6. The standard InChI is InChI=1S/C13H25NO2/c1-3-12-8-11(6-7-16-12)14-10-4-5-13(9-10)15-2/h10-14H,3-9H2,1-2H3. The van der Waals surface area contributed by atoms with Crippen LogP contribution in [0.2, 0.25) is 0 Å². The molecule has 3 heteroatoms. The van der Waals surface area contributed by atoms with Gasteiger partial charge in [0.2, 0.25) is 0 Å². The van der Waals surface area contributed by atoms with Gasteiger partial charge in [0.1, 0.15) is 0 Å². The van der Waals surface area contributed by atoms with Gasteiger partial charge in [-0.05, 0) is 38.5 Å². The molecule has 4 unspecified atom stereocenters. The summed E-state index contributed by atoms with van der Waals surface area (Å²) in [5, 5.41) is 3.79. The van der Waals surface area contributed by atoms with E-state index in [1.54, 1.807) is 0 Å². The summed E-state index contributed by atoms with van der Waals surface area (Å²) in [5.41, 5.74) is 0. The smallest absolute Gasteiger partial charge is 0.0587 e. The third-order valence-corrected chi connectivity index (χ3v) is 4.01. The Balaban J connectivity index is 1.73. The SMILES string of the molecule is CCC1CC(NC2CCC(OC)C2)CCO1. The van der Waals surface area contributed by atoms with Crippen LogP contribution in [0.15, 0.2) is 0 Å². The predicted octanol–water partition coefficient (Wildman–Crippen LogP) is 2.10. The summed E-state index contributed by atoms with van der Waals surface area (Å²) in [5.74, 6) is 0. The highest BCUT2D eigenvalue weighted by molar-refractivity contribution is 4.86. The van der Waals surface area contributed by atoms with Gasteiger partial charge in [0, 0.05) is 25.8 Å². The van der Waals surface area contributed by atoms with Gasteiger partial charge in [-0.25, -0.2) is 0 Å². The van der Waals surface area contributed by atoms with Crippen LogP contribution in [0.3, 0.4) is 0 Å². The Hall–Kier alpha value is -0.120. The number of nitrogens with one attached hydrogen (secondary N) is 1. The fourth-order valence-electron chi connectivity index (χ4n) is 2.95. The molecule has 1 saturated carbocycles. The lowest BCUT2D eigenvalue weighted by molar-refractivity contribution is -0.00217. The lowest BCUT2D eigenvalue weighted by Gasteiger charge is -2.31. The summed E-state index contributed by atoms with van der Waals surface area (Å²) < 4.78 is 11.1. The molecule has 1 aliphatic carbocycles. The third kappa shape index (κ3) is 3.19. The molecule has 16 heavy (non-hydrogen) atoms. The van der Waals surface area contributed by atoms with Crippen LogP contribution in [0, 0.1) is 0 Å². The Morgan fingerprint density at radius 2 is 2.00 bits per heavy atom. The first-order valence-electron chi connectivity index (χ1n) is 6.72. The Morgan fingerprint density at radius 1 is 1.19 bits per heavy atom. The Kier molecular flexibility index (Phi) is 4.62. The molecule has 2 rings (SSSR count). The molecule has 0 aromatic rings. The second kappa shape index (κ2) is 5.99. The maximum Gasteiger partial charge on any atom is 0.0587 e. The summed E-state index contributed by atoms with van der Waals surface area (Å²) in [4.78, 5) is 0. The first kappa shape index (κ1) is 12.3. The van der Waals surface area contributed by atoms with Gasteiger partial charge >= 0.3 is 0 Å². The number of ether oxygens (including phenoxy) is 2. The largest absolute Gasteiger partial charge is 0.381 e. The lowest BCUT2D eigenvalue weighted by Crippen LogP contribution is -2.43. The van der Waals surface area contributed by atoms with Crippen LogP contribution in [-0.2, 0) is 9.47 Å². The van der Waals surface area contributed by atoms with E-state index >= 15 is 0 Å². The topological polar surface area (TPSA) is 30.5 Å². The van der Waals surface area contributed by atoms with Crippen LogP contribution in [0.1, 0.15) is 45.4 Å². The van der Waals surface area contributed by atoms with E-state index in [-0.39, 0.29) is 0 Å². The van der Waals surface area contributed by atoms with E-state index in [2.05, 4.69) is 12.2 Å². The molecule has 0 radical (unpaired) electrons. The quantitative estimate of drug-likeness (QED) is 0.798. The molecular weight excluding hydrogens is 202 g/mol. The van der Waals surface area contributed by atoms with E-state index in [0.29, 0.717) is 24.3 Å². The monoisotopic (exact) mass is 227 g/mol. The molecule has 2 fully saturated rings. The Bertz CT molecular complexity index is 210. The maximum atomic E-state index is 5.70. The van der Waals surface area contributed by atoms with E-state index in [9.17, 15) is 0 Å². The van der Waals surface area contributed by atoms with Crippen LogP contribution < -0.4 is 5.32 Å². The van der Waals surface area contributed by atoms with Gasteiger partial charge in [0.15, 0.2) is 0 Å². The molecule has 1 heterocycles. The highest BCUT2D eigenvalue weighted by Crippen LogP contribution is 2.24. The maximum absolute atomic E-state index is 5.70. The lowest BCUT2D eigenvalue weighted by atomic mass is 10.0. The second-order valence-electron chi connectivity index (χ2n) is 5.16. The van der Waals surface area contributed by atoms with Gasteiger partial charge in [-0.2, -0.15) is 0 Å². The molecule has 4 atom stereocenters. The molecule has 0 bridgehead atoms. The third-order valence-electron chi connectivity index (χ3n) is 4.01. The van der Waals surface area contributed by atoms with Crippen molar-refractivity contribution in [1.82, 2.24) is 5.32 Å². The van der Waals surface area contributed by atoms with Gasteiger partial charge < -0.3 is 14.8 Å². The van der Waals surface area contributed by atoms with E-state index < -0.39 is 0 Å². The summed E-state index contributed by atoms with van der Waals surface area (Å²) in [7, 11) is 1.83. The van der Waals surface area contributed by atoms with Crippen molar-refractivity contribution in [3.8, 4) is 0 Å². The van der Waals surface area contributed by atoms with Gasteiger partial charge in [-0.3, -0.25) is 0 Å². The first-order chi connectivity index (χ1) is 7.81. The minimum atomic E-state index is 0.478. The van der Waals surface area contributed by atoms with Crippen molar-refractivity contribution in [3.05, 3.63) is 0 Å². The van der Waals surface area contributed by atoms with E-state index in [4.69, 9.17) is 9.47 Å².